The van der Waals surface area contributed by atoms with Gasteiger partial charge in [0.2, 0.25) is 11.8 Å². The number of nitrogens with zero attached hydrogens (tertiary/aromatic N) is 2. The molecule has 2 atom stereocenters. The molecule has 3 aliphatic rings. The molecule has 6 rings (SSSR count). The Kier molecular flexibility index (Phi) is 11.1. The highest BCUT2D eigenvalue weighted by Crippen LogP contribution is 2.38. The lowest BCUT2D eigenvalue weighted by Crippen LogP contribution is -2.62. The summed E-state index contributed by atoms with van der Waals surface area (Å²) < 4.78 is 20.1. The van der Waals surface area contributed by atoms with Crippen LogP contribution < -0.4 is 15.8 Å². The van der Waals surface area contributed by atoms with Crippen LogP contribution in [0.2, 0.25) is 0 Å². The molecular weight excluding hydrogens is 687 g/mol. The first-order valence-corrected chi connectivity index (χ1v) is 18.0. The Bertz CT molecular complexity index is 1720. The molecule has 1 aliphatic carbocycles. The predicted molar refractivity (Wildman–Crippen MR) is 191 cm³/mol. The highest BCUT2D eigenvalue weighted by molar-refractivity contribution is 9.10. The van der Waals surface area contributed by atoms with Gasteiger partial charge in [0.05, 0.1) is 17.1 Å². The summed E-state index contributed by atoms with van der Waals surface area (Å²) in [6, 6.07) is 21.0. The number of nitrogens with one attached hydrogen (secondary N) is 1. The van der Waals surface area contributed by atoms with Crippen molar-refractivity contribution in [2.24, 2.45) is 5.73 Å². The van der Waals surface area contributed by atoms with Crippen LogP contribution in [0.1, 0.15) is 67.2 Å². The van der Waals surface area contributed by atoms with Crippen LogP contribution >= 0.6 is 15.9 Å². The van der Waals surface area contributed by atoms with Crippen LogP contribution in [0.4, 0.5) is 4.39 Å². The van der Waals surface area contributed by atoms with E-state index in [0.29, 0.717) is 44.8 Å². The van der Waals surface area contributed by atoms with Crippen LogP contribution in [0, 0.1) is 12.7 Å². The summed E-state index contributed by atoms with van der Waals surface area (Å²) >= 11 is 3.41. The number of amides is 3. The second-order valence-electron chi connectivity index (χ2n) is 13.4. The molecule has 2 aliphatic heterocycles. The van der Waals surface area contributed by atoms with E-state index in [1.165, 1.54) is 12.1 Å². The van der Waals surface area contributed by atoms with Gasteiger partial charge in [0.15, 0.2) is 0 Å². The monoisotopic (exact) mass is 730 g/mol. The Balaban J connectivity index is 1.22. The number of halogens is 2. The maximum atomic E-state index is 14.7. The van der Waals surface area contributed by atoms with Crippen LogP contribution in [0.25, 0.3) is 5.57 Å². The number of carbonyl (C=O) groups is 3. The SMILES string of the molecule is Cc1ccccc1CN(C(=O)C1=C(c2ccc(CCCOc3cc(F)ccc3Br)cc2)CC2CN(C(=O)CCCC(N)=O)C[C@H]1N2)C1CC1. The number of piperazine rings is 1. The fraction of sp³-hybridized carbons (Fsp3) is 0.410. The summed E-state index contributed by atoms with van der Waals surface area (Å²) in [5, 5.41) is 3.68. The number of nitrogens with two attached hydrogens (primary N) is 1. The van der Waals surface area contributed by atoms with Gasteiger partial charge in [-0.1, -0.05) is 48.5 Å². The molecule has 0 aromatic heterocycles. The quantitative estimate of drug-likeness (QED) is 0.196. The number of benzene rings is 3. The number of carbonyl (C=O) groups excluding carboxylic acids is 3. The van der Waals surface area contributed by atoms with E-state index in [-0.39, 0.29) is 48.6 Å². The van der Waals surface area contributed by atoms with Gasteiger partial charge in [-0.2, -0.15) is 0 Å². The van der Waals surface area contributed by atoms with Gasteiger partial charge in [0.1, 0.15) is 11.6 Å². The van der Waals surface area contributed by atoms with E-state index in [2.05, 4.69) is 64.6 Å². The third kappa shape index (κ3) is 8.78. The number of hydrogen-bond donors (Lipinski definition) is 2. The third-order valence-electron chi connectivity index (χ3n) is 9.72. The van der Waals surface area contributed by atoms with E-state index >= 15 is 0 Å². The average Bonchev–Trinajstić information content (AvgIpc) is 3.93. The van der Waals surface area contributed by atoms with Gasteiger partial charge in [-0.05, 0) is 101 Å². The molecule has 3 amide bonds. The first kappa shape index (κ1) is 34.8. The molecule has 0 spiro atoms. The largest absolute Gasteiger partial charge is 0.492 e. The zero-order valence-electron chi connectivity index (χ0n) is 27.9. The second-order valence-corrected chi connectivity index (χ2v) is 14.3. The molecule has 258 valence electrons. The zero-order chi connectivity index (χ0) is 34.5. The van der Waals surface area contributed by atoms with Gasteiger partial charge in [-0.3, -0.25) is 14.4 Å². The average molecular weight is 732 g/mol. The number of fused-ring (bicyclic) bond motifs is 2. The number of primary amides is 1. The molecule has 1 unspecified atom stereocenters. The van der Waals surface area contributed by atoms with Crippen molar-refractivity contribution in [1.82, 2.24) is 15.1 Å². The molecule has 1 saturated heterocycles. The Labute approximate surface area is 296 Å². The van der Waals surface area contributed by atoms with E-state index in [9.17, 15) is 18.8 Å². The molecule has 2 heterocycles. The lowest BCUT2D eigenvalue weighted by Gasteiger charge is -2.45. The summed E-state index contributed by atoms with van der Waals surface area (Å²) in [5.41, 5.74) is 11.6. The van der Waals surface area contributed by atoms with E-state index < -0.39 is 5.91 Å². The predicted octanol–water partition coefficient (Wildman–Crippen LogP) is 6.08. The molecule has 10 heteroatoms. The Morgan fingerprint density at radius 3 is 2.53 bits per heavy atom. The molecule has 49 heavy (non-hydrogen) atoms. The number of hydrogen-bond acceptors (Lipinski definition) is 5. The van der Waals surface area contributed by atoms with Crippen LogP contribution in [-0.2, 0) is 27.3 Å². The second kappa shape index (κ2) is 15.7. The summed E-state index contributed by atoms with van der Waals surface area (Å²) in [6.45, 7) is 4.04. The summed E-state index contributed by atoms with van der Waals surface area (Å²) in [7, 11) is 0. The van der Waals surface area contributed by atoms with Crippen molar-refractivity contribution in [2.45, 2.75) is 83.0 Å². The van der Waals surface area contributed by atoms with E-state index in [1.807, 2.05) is 21.9 Å². The topological polar surface area (TPSA) is 105 Å². The van der Waals surface area contributed by atoms with Crippen molar-refractivity contribution < 1.29 is 23.5 Å². The van der Waals surface area contributed by atoms with Crippen LogP contribution in [0.15, 0.2) is 76.8 Å². The third-order valence-corrected chi connectivity index (χ3v) is 10.4. The van der Waals surface area contributed by atoms with Gasteiger partial charge in [0.25, 0.3) is 5.91 Å². The molecule has 3 aromatic carbocycles. The summed E-state index contributed by atoms with van der Waals surface area (Å²) in [4.78, 5) is 43.1. The lowest BCUT2D eigenvalue weighted by atomic mass is 9.82. The maximum absolute atomic E-state index is 14.7. The molecule has 3 N–H and O–H groups in total. The Morgan fingerprint density at radius 1 is 1.02 bits per heavy atom. The van der Waals surface area contributed by atoms with Crippen LogP contribution in [0.3, 0.4) is 0 Å². The van der Waals surface area contributed by atoms with E-state index in [4.69, 9.17) is 10.5 Å². The smallest absolute Gasteiger partial charge is 0.252 e. The van der Waals surface area contributed by atoms with Gasteiger partial charge in [-0.15, -0.1) is 0 Å². The highest BCUT2D eigenvalue weighted by Gasteiger charge is 2.43. The Morgan fingerprint density at radius 2 is 1.80 bits per heavy atom. The van der Waals surface area contributed by atoms with Crippen molar-refractivity contribution in [3.05, 3.63) is 105 Å². The van der Waals surface area contributed by atoms with Gasteiger partial charge in [-0.25, -0.2) is 4.39 Å². The van der Waals surface area contributed by atoms with E-state index in [1.54, 1.807) is 6.07 Å². The number of aryl methyl sites for hydroxylation is 2. The normalized spacial score (nSPS) is 18.7. The molecule has 2 fully saturated rings. The molecule has 3 aromatic rings. The van der Waals surface area contributed by atoms with E-state index in [0.717, 1.165) is 63.6 Å². The first-order valence-electron chi connectivity index (χ1n) is 17.2. The zero-order valence-corrected chi connectivity index (χ0v) is 29.5. The fourth-order valence-corrected chi connectivity index (χ4v) is 7.30. The first-order chi connectivity index (χ1) is 23.7. The minimum absolute atomic E-state index is 0.00922. The lowest BCUT2D eigenvalue weighted by molar-refractivity contribution is -0.134. The Hall–Kier alpha value is -4.02. The van der Waals surface area contributed by atoms with Gasteiger partial charge < -0.3 is 25.6 Å². The minimum atomic E-state index is -0.407. The molecule has 1 saturated carbocycles. The molecule has 2 bridgehead atoms. The summed E-state index contributed by atoms with van der Waals surface area (Å²) in [6.07, 6.45) is 5.02. The minimum Gasteiger partial charge on any atom is -0.492 e. The molecular formula is C39H44BrFN4O4. The van der Waals surface area contributed by atoms with Gasteiger partial charge >= 0.3 is 0 Å². The van der Waals surface area contributed by atoms with Crippen molar-refractivity contribution in [3.63, 3.8) is 0 Å². The van der Waals surface area contributed by atoms with Crippen molar-refractivity contribution in [2.75, 3.05) is 19.7 Å². The van der Waals surface area contributed by atoms with Crippen molar-refractivity contribution >= 4 is 39.2 Å². The summed E-state index contributed by atoms with van der Waals surface area (Å²) in [5.74, 6) is -0.229. The van der Waals surface area contributed by atoms with Crippen molar-refractivity contribution in [3.8, 4) is 5.75 Å². The van der Waals surface area contributed by atoms with Gasteiger partial charge in [0, 0.05) is 56.2 Å². The van der Waals surface area contributed by atoms with Crippen LogP contribution in [-0.4, -0.2) is 65.3 Å². The highest BCUT2D eigenvalue weighted by atomic mass is 79.9. The standard InChI is InChI=1S/C39H44BrFN4O4/c1-25-6-2-3-8-28(25)22-45(31-16-17-31)39(48)38-32(21-30-23-44(24-34(38)43-30)37(47)10-4-9-36(42)46)27-13-11-26(12-14-27)7-5-19-49-35-20-29(41)15-18-33(35)40/h2-3,6,8,11-15,18,20,30-31,34,43H,4-5,7,9-10,16-17,19,21-24H2,1H3,(H2,42,46)/t30?,34-/m1/s1. The fourth-order valence-electron chi connectivity index (χ4n) is 6.94. The maximum Gasteiger partial charge on any atom is 0.252 e. The molecule has 8 nitrogen and oxygen atoms in total. The number of ether oxygens (including phenoxy) is 1. The molecule has 0 radical (unpaired) electrons. The number of rotatable bonds is 14. The van der Waals surface area contributed by atoms with Crippen molar-refractivity contribution in [1.29, 1.82) is 0 Å². The van der Waals surface area contributed by atoms with Crippen LogP contribution in [0.5, 0.6) is 5.75 Å².